The van der Waals surface area contributed by atoms with Crippen molar-refractivity contribution in [3.8, 4) is 0 Å². The maximum absolute atomic E-state index is 12.8. The van der Waals surface area contributed by atoms with Crippen LogP contribution in [0.5, 0.6) is 0 Å². The van der Waals surface area contributed by atoms with Gasteiger partial charge in [-0.15, -0.1) is 0 Å². The van der Waals surface area contributed by atoms with Crippen LogP contribution in [0.2, 0.25) is 0 Å². The maximum atomic E-state index is 12.8. The molecule has 0 bridgehead atoms. The van der Waals surface area contributed by atoms with Crippen molar-refractivity contribution < 1.29 is 14.3 Å². The van der Waals surface area contributed by atoms with Crippen molar-refractivity contribution in [1.29, 1.82) is 0 Å². The number of aryl methyl sites for hydroxylation is 2. The lowest BCUT2D eigenvalue weighted by molar-refractivity contribution is -0.160. The van der Waals surface area contributed by atoms with Gasteiger partial charge in [0.25, 0.3) is 5.91 Å². The van der Waals surface area contributed by atoms with Gasteiger partial charge in [0.05, 0.1) is 17.9 Å². The molecule has 1 saturated heterocycles. The summed E-state index contributed by atoms with van der Waals surface area (Å²) in [5.74, 6) is -0.436. The van der Waals surface area contributed by atoms with Gasteiger partial charge < -0.3 is 15.0 Å². The molecule has 2 aromatic rings. The summed E-state index contributed by atoms with van der Waals surface area (Å²) in [4.78, 5) is 26.4. The quantitative estimate of drug-likeness (QED) is 0.918. The molecule has 1 fully saturated rings. The summed E-state index contributed by atoms with van der Waals surface area (Å²) in [6.45, 7) is 4.58. The van der Waals surface area contributed by atoms with Crippen LogP contribution in [0.1, 0.15) is 24.1 Å². The highest BCUT2D eigenvalue weighted by Gasteiger charge is 2.40. The Morgan fingerprint density at radius 3 is 2.72 bits per heavy atom. The summed E-state index contributed by atoms with van der Waals surface area (Å²) >= 11 is 0. The van der Waals surface area contributed by atoms with Gasteiger partial charge in [-0.3, -0.25) is 14.3 Å². The summed E-state index contributed by atoms with van der Waals surface area (Å²) < 4.78 is 7.32. The van der Waals surface area contributed by atoms with Crippen LogP contribution in [0.4, 0.5) is 5.69 Å². The highest BCUT2D eigenvalue weighted by atomic mass is 16.5. The highest BCUT2D eigenvalue weighted by molar-refractivity contribution is 5.96. The summed E-state index contributed by atoms with van der Waals surface area (Å²) in [6, 6.07) is 7.30. The first kappa shape index (κ1) is 17.2. The average Bonchev–Trinajstić information content (AvgIpc) is 3.05. The van der Waals surface area contributed by atoms with Gasteiger partial charge in [0, 0.05) is 19.8 Å². The standard InChI is InChI=1S/C18H22N4O3/c1-4-22-10-14(9-19-22)20-18(24)17-16(21(3)15(23)11-25-17)13-7-5-12(2)6-8-13/h5-10,16-17H,4,11H2,1-3H3,(H,20,24)/t16-,17+/m1/s1. The Morgan fingerprint density at radius 1 is 1.36 bits per heavy atom. The van der Waals surface area contributed by atoms with Gasteiger partial charge in [-0.05, 0) is 19.4 Å². The van der Waals surface area contributed by atoms with E-state index in [2.05, 4.69) is 10.4 Å². The third kappa shape index (κ3) is 3.56. The third-order valence-electron chi connectivity index (χ3n) is 4.39. The molecular formula is C18H22N4O3. The first-order valence-corrected chi connectivity index (χ1v) is 8.26. The van der Waals surface area contributed by atoms with Crippen molar-refractivity contribution in [2.45, 2.75) is 32.5 Å². The topological polar surface area (TPSA) is 76.5 Å². The highest BCUT2D eigenvalue weighted by Crippen LogP contribution is 2.30. The number of hydrogen-bond acceptors (Lipinski definition) is 4. The van der Waals surface area contributed by atoms with Gasteiger partial charge in [-0.25, -0.2) is 0 Å². The first-order chi connectivity index (χ1) is 12.0. The molecule has 1 N–H and O–H groups in total. The predicted octanol–water partition coefficient (Wildman–Crippen LogP) is 1.75. The van der Waals surface area contributed by atoms with E-state index in [0.29, 0.717) is 5.69 Å². The number of morpholine rings is 1. The van der Waals surface area contributed by atoms with Crippen molar-refractivity contribution in [1.82, 2.24) is 14.7 Å². The van der Waals surface area contributed by atoms with Crippen molar-refractivity contribution in [3.63, 3.8) is 0 Å². The Hall–Kier alpha value is -2.67. The fourth-order valence-corrected chi connectivity index (χ4v) is 2.91. The van der Waals surface area contributed by atoms with Gasteiger partial charge in [0.15, 0.2) is 6.10 Å². The predicted molar refractivity (Wildman–Crippen MR) is 93.0 cm³/mol. The molecule has 7 heteroatoms. The van der Waals surface area contributed by atoms with Crippen LogP contribution in [0, 0.1) is 6.92 Å². The van der Waals surface area contributed by atoms with Gasteiger partial charge in [0.2, 0.25) is 5.91 Å². The molecule has 0 spiro atoms. The molecule has 25 heavy (non-hydrogen) atoms. The second-order valence-electron chi connectivity index (χ2n) is 6.17. The molecular weight excluding hydrogens is 320 g/mol. The van der Waals surface area contributed by atoms with Crippen molar-refractivity contribution in [3.05, 3.63) is 47.8 Å². The fourth-order valence-electron chi connectivity index (χ4n) is 2.91. The lowest BCUT2D eigenvalue weighted by Crippen LogP contribution is -2.51. The summed E-state index contributed by atoms with van der Waals surface area (Å²) in [7, 11) is 1.70. The summed E-state index contributed by atoms with van der Waals surface area (Å²) in [5.41, 5.74) is 2.59. The second-order valence-corrected chi connectivity index (χ2v) is 6.17. The van der Waals surface area contributed by atoms with E-state index in [1.165, 1.54) is 0 Å². The maximum Gasteiger partial charge on any atom is 0.256 e. The van der Waals surface area contributed by atoms with E-state index < -0.39 is 12.1 Å². The van der Waals surface area contributed by atoms with E-state index in [1.807, 2.05) is 38.1 Å². The molecule has 1 aromatic carbocycles. The number of carbonyl (C=O) groups is 2. The molecule has 0 aliphatic carbocycles. The summed E-state index contributed by atoms with van der Waals surface area (Å²) in [5, 5.41) is 6.97. The SMILES string of the molecule is CCn1cc(NC(=O)[C@H]2OCC(=O)N(C)[C@@H]2c2ccc(C)cc2)cn1. The molecule has 1 aromatic heterocycles. The number of rotatable bonds is 4. The first-order valence-electron chi connectivity index (χ1n) is 8.26. The summed E-state index contributed by atoms with van der Waals surface area (Å²) in [6.07, 6.45) is 2.58. The Labute approximate surface area is 146 Å². The number of aromatic nitrogens is 2. The molecule has 2 amide bonds. The number of anilines is 1. The number of ether oxygens (including phenoxy) is 1. The number of amides is 2. The van der Waals surface area contributed by atoms with Crippen LogP contribution in [-0.4, -0.2) is 46.3 Å². The van der Waals surface area contributed by atoms with Crippen LogP contribution in [-0.2, 0) is 20.9 Å². The van der Waals surface area contributed by atoms with E-state index in [4.69, 9.17) is 4.74 Å². The van der Waals surface area contributed by atoms with Crippen LogP contribution in [0.15, 0.2) is 36.7 Å². The minimum absolute atomic E-state index is 0.106. The molecule has 2 heterocycles. The molecule has 0 radical (unpaired) electrons. The molecule has 0 unspecified atom stereocenters. The fraction of sp³-hybridized carbons (Fsp3) is 0.389. The minimum atomic E-state index is -0.782. The Bertz CT molecular complexity index is 769. The van der Waals surface area contributed by atoms with E-state index in [-0.39, 0.29) is 18.4 Å². The number of hydrogen-bond donors (Lipinski definition) is 1. The van der Waals surface area contributed by atoms with E-state index in [9.17, 15) is 9.59 Å². The molecule has 0 saturated carbocycles. The second kappa shape index (κ2) is 7.06. The van der Waals surface area contributed by atoms with E-state index in [1.54, 1.807) is 29.0 Å². The zero-order valence-corrected chi connectivity index (χ0v) is 14.6. The smallest absolute Gasteiger partial charge is 0.256 e. The number of nitrogens with zero attached hydrogens (tertiary/aromatic N) is 3. The van der Waals surface area contributed by atoms with Gasteiger partial charge in [0.1, 0.15) is 6.61 Å². The molecule has 7 nitrogen and oxygen atoms in total. The average molecular weight is 342 g/mol. The monoisotopic (exact) mass is 342 g/mol. The van der Waals surface area contributed by atoms with Crippen LogP contribution in [0.3, 0.4) is 0 Å². The largest absolute Gasteiger partial charge is 0.356 e. The van der Waals surface area contributed by atoms with E-state index in [0.717, 1.165) is 17.7 Å². The normalized spacial score (nSPS) is 20.6. The number of benzene rings is 1. The number of carbonyl (C=O) groups excluding carboxylic acids is 2. The molecule has 3 rings (SSSR count). The van der Waals surface area contributed by atoms with Crippen LogP contribution < -0.4 is 5.32 Å². The van der Waals surface area contributed by atoms with Crippen LogP contribution >= 0.6 is 0 Å². The third-order valence-corrected chi connectivity index (χ3v) is 4.39. The van der Waals surface area contributed by atoms with Crippen molar-refractivity contribution >= 4 is 17.5 Å². The minimum Gasteiger partial charge on any atom is -0.356 e. The Balaban J connectivity index is 1.84. The Kier molecular flexibility index (Phi) is 4.85. The molecule has 1 aliphatic rings. The molecule has 1 aliphatic heterocycles. The van der Waals surface area contributed by atoms with Crippen LogP contribution in [0.25, 0.3) is 0 Å². The molecule has 132 valence electrons. The number of nitrogens with one attached hydrogen (secondary N) is 1. The number of likely N-dealkylation sites (N-methyl/N-ethyl adjacent to an activating group) is 1. The zero-order valence-electron chi connectivity index (χ0n) is 14.6. The van der Waals surface area contributed by atoms with Crippen molar-refractivity contribution in [2.75, 3.05) is 19.0 Å². The van der Waals surface area contributed by atoms with E-state index >= 15 is 0 Å². The molecule has 2 atom stereocenters. The lowest BCUT2D eigenvalue weighted by atomic mass is 9.96. The lowest BCUT2D eigenvalue weighted by Gasteiger charge is -2.38. The Morgan fingerprint density at radius 2 is 2.08 bits per heavy atom. The van der Waals surface area contributed by atoms with Gasteiger partial charge >= 0.3 is 0 Å². The van der Waals surface area contributed by atoms with Gasteiger partial charge in [-0.2, -0.15) is 5.10 Å². The van der Waals surface area contributed by atoms with Crippen molar-refractivity contribution in [2.24, 2.45) is 0 Å². The zero-order chi connectivity index (χ0) is 18.0. The van der Waals surface area contributed by atoms with Gasteiger partial charge in [-0.1, -0.05) is 29.8 Å².